The van der Waals surface area contributed by atoms with E-state index in [1.165, 1.54) is 5.56 Å². The highest BCUT2D eigenvalue weighted by atomic mass is 16.3. The van der Waals surface area contributed by atoms with Crippen molar-refractivity contribution in [2.75, 3.05) is 13.2 Å². The molecule has 1 N–H and O–H groups in total. The van der Waals surface area contributed by atoms with Gasteiger partial charge in [-0.3, -0.25) is 9.20 Å². The molecule has 4 aromatic rings. The lowest BCUT2D eigenvalue weighted by molar-refractivity contribution is -0.127. The summed E-state index contributed by atoms with van der Waals surface area (Å²) in [5.74, 6) is -0.153. The molecule has 4 rings (SSSR count). The number of pyridine rings is 1. The lowest BCUT2D eigenvalue weighted by Gasteiger charge is -2.20. The van der Waals surface area contributed by atoms with Gasteiger partial charge in [-0.15, -0.1) is 0 Å². The molecule has 0 bridgehead atoms. The monoisotopic (exact) mass is 425 g/mol. The Bertz CT molecular complexity index is 1240. The molecule has 0 fully saturated rings. The number of nitrogens with zero attached hydrogens (tertiary/aromatic N) is 3. The van der Waals surface area contributed by atoms with Gasteiger partial charge in [0, 0.05) is 30.9 Å². The summed E-state index contributed by atoms with van der Waals surface area (Å²) >= 11 is 0. The fourth-order valence-corrected chi connectivity index (χ4v) is 3.70. The van der Waals surface area contributed by atoms with Crippen LogP contribution in [-0.2, 0) is 11.3 Å². The first-order valence-corrected chi connectivity index (χ1v) is 10.7. The molecule has 162 valence electrons. The molecule has 0 aliphatic carbocycles. The number of amides is 1. The molecule has 0 aliphatic rings. The smallest absolute Gasteiger partial charge is 0.247 e. The number of aliphatic hydroxyl groups excluding tert-OH is 1. The van der Waals surface area contributed by atoms with Gasteiger partial charge in [-0.1, -0.05) is 60.2 Å². The zero-order valence-corrected chi connectivity index (χ0v) is 18.4. The minimum atomic E-state index is -0.153. The molecular formula is C27H27N3O2. The van der Waals surface area contributed by atoms with E-state index in [1.54, 1.807) is 11.0 Å². The van der Waals surface area contributed by atoms with Gasteiger partial charge in [0.1, 0.15) is 5.65 Å². The standard InChI is InChI=1S/C27H27N3O2/c1-20-8-10-23(11-9-20)27-24(30-15-14-21(2)18-25(30)28-27)12-13-26(32)29(16-17-31)19-22-6-4-3-5-7-22/h3-15,18,31H,16-17,19H2,1-2H3/b13-12+. The van der Waals surface area contributed by atoms with E-state index in [9.17, 15) is 9.90 Å². The first-order valence-electron chi connectivity index (χ1n) is 10.7. The van der Waals surface area contributed by atoms with E-state index in [0.717, 1.165) is 33.7 Å². The Morgan fingerprint density at radius 3 is 2.50 bits per heavy atom. The van der Waals surface area contributed by atoms with Gasteiger partial charge in [-0.05, 0) is 43.2 Å². The van der Waals surface area contributed by atoms with Crippen LogP contribution < -0.4 is 0 Å². The second kappa shape index (κ2) is 9.62. The third kappa shape index (κ3) is 4.79. The predicted molar refractivity (Wildman–Crippen MR) is 128 cm³/mol. The molecule has 2 aromatic heterocycles. The number of carbonyl (C=O) groups is 1. The summed E-state index contributed by atoms with van der Waals surface area (Å²) < 4.78 is 2.00. The van der Waals surface area contributed by atoms with E-state index in [-0.39, 0.29) is 19.1 Å². The summed E-state index contributed by atoms with van der Waals surface area (Å²) in [6.07, 6.45) is 5.37. The number of aromatic nitrogens is 2. The van der Waals surface area contributed by atoms with Gasteiger partial charge in [0.05, 0.1) is 18.0 Å². The largest absolute Gasteiger partial charge is 0.395 e. The van der Waals surface area contributed by atoms with Crippen molar-refractivity contribution in [3.05, 3.63) is 101 Å². The number of rotatable bonds is 7. The molecule has 0 spiro atoms. The minimum Gasteiger partial charge on any atom is -0.395 e. The van der Waals surface area contributed by atoms with Crippen molar-refractivity contribution in [2.24, 2.45) is 0 Å². The fraction of sp³-hybridized carbons (Fsp3) is 0.185. The van der Waals surface area contributed by atoms with Crippen molar-refractivity contribution < 1.29 is 9.90 Å². The normalized spacial score (nSPS) is 11.3. The summed E-state index contributed by atoms with van der Waals surface area (Å²) in [5.41, 5.74) is 6.85. The first-order chi connectivity index (χ1) is 15.5. The molecule has 0 atom stereocenters. The van der Waals surface area contributed by atoms with E-state index in [1.807, 2.05) is 66.1 Å². The van der Waals surface area contributed by atoms with Gasteiger partial charge in [-0.2, -0.15) is 0 Å². The Hall–Kier alpha value is -3.70. The molecule has 0 unspecified atom stereocenters. The zero-order valence-electron chi connectivity index (χ0n) is 18.4. The van der Waals surface area contributed by atoms with Gasteiger partial charge in [0.2, 0.25) is 5.91 Å². The minimum absolute atomic E-state index is 0.0874. The van der Waals surface area contributed by atoms with Gasteiger partial charge in [0.25, 0.3) is 0 Å². The van der Waals surface area contributed by atoms with Gasteiger partial charge >= 0.3 is 0 Å². The molecule has 0 radical (unpaired) electrons. The second-order valence-corrected chi connectivity index (χ2v) is 7.95. The molecule has 2 heterocycles. The average Bonchev–Trinajstić information content (AvgIpc) is 3.15. The van der Waals surface area contributed by atoms with E-state index in [4.69, 9.17) is 4.98 Å². The fourth-order valence-electron chi connectivity index (χ4n) is 3.70. The highest BCUT2D eigenvalue weighted by Gasteiger charge is 2.15. The number of carbonyl (C=O) groups excluding carboxylic acids is 1. The highest BCUT2D eigenvalue weighted by Crippen LogP contribution is 2.26. The number of benzene rings is 2. The van der Waals surface area contributed by atoms with Crippen LogP contribution in [0.4, 0.5) is 0 Å². The SMILES string of the molecule is Cc1ccc(-c2nc3cc(C)ccn3c2/C=C/C(=O)N(CCO)Cc2ccccc2)cc1. The Labute approximate surface area is 188 Å². The number of hydrogen-bond acceptors (Lipinski definition) is 3. The van der Waals surface area contributed by atoms with Gasteiger partial charge in [0.15, 0.2) is 0 Å². The van der Waals surface area contributed by atoms with Crippen LogP contribution in [0, 0.1) is 13.8 Å². The summed E-state index contributed by atoms with van der Waals surface area (Å²) in [7, 11) is 0. The quantitative estimate of drug-likeness (QED) is 0.439. The van der Waals surface area contributed by atoms with Crippen LogP contribution in [-0.4, -0.2) is 38.4 Å². The molecule has 0 aliphatic heterocycles. The summed E-state index contributed by atoms with van der Waals surface area (Å²) in [5, 5.41) is 9.47. The van der Waals surface area contributed by atoms with Crippen LogP contribution in [0.25, 0.3) is 23.0 Å². The topological polar surface area (TPSA) is 57.8 Å². The number of aryl methyl sites for hydroxylation is 2. The van der Waals surface area contributed by atoms with Crippen molar-refractivity contribution in [2.45, 2.75) is 20.4 Å². The molecule has 1 amide bonds. The van der Waals surface area contributed by atoms with Crippen molar-refractivity contribution in [1.29, 1.82) is 0 Å². The Morgan fingerprint density at radius 1 is 1.03 bits per heavy atom. The van der Waals surface area contributed by atoms with Crippen LogP contribution >= 0.6 is 0 Å². The zero-order chi connectivity index (χ0) is 22.5. The van der Waals surface area contributed by atoms with Crippen molar-refractivity contribution in [3.8, 4) is 11.3 Å². The Kier molecular flexibility index (Phi) is 6.47. The number of aliphatic hydroxyl groups is 1. The van der Waals surface area contributed by atoms with Crippen molar-refractivity contribution in [1.82, 2.24) is 14.3 Å². The highest BCUT2D eigenvalue weighted by molar-refractivity contribution is 5.93. The summed E-state index contributed by atoms with van der Waals surface area (Å²) in [6, 6.07) is 22.1. The summed E-state index contributed by atoms with van der Waals surface area (Å²) in [4.78, 5) is 19.5. The van der Waals surface area contributed by atoms with Crippen LogP contribution in [0.3, 0.4) is 0 Å². The first kappa shape index (κ1) is 21.5. The number of hydrogen-bond donors (Lipinski definition) is 1. The lowest BCUT2D eigenvalue weighted by Crippen LogP contribution is -2.31. The molecule has 0 saturated heterocycles. The van der Waals surface area contributed by atoms with Gasteiger partial charge in [-0.25, -0.2) is 4.98 Å². The van der Waals surface area contributed by atoms with Gasteiger partial charge < -0.3 is 10.0 Å². The third-order valence-electron chi connectivity index (χ3n) is 5.43. The van der Waals surface area contributed by atoms with E-state index < -0.39 is 0 Å². The Morgan fingerprint density at radius 2 is 1.78 bits per heavy atom. The van der Waals surface area contributed by atoms with Crippen LogP contribution in [0.5, 0.6) is 0 Å². The maximum atomic E-state index is 13.0. The third-order valence-corrected chi connectivity index (χ3v) is 5.43. The summed E-state index contributed by atoms with van der Waals surface area (Å²) in [6.45, 7) is 4.72. The molecule has 32 heavy (non-hydrogen) atoms. The second-order valence-electron chi connectivity index (χ2n) is 7.95. The molecule has 2 aromatic carbocycles. The van der Waals surface area contributed by atoms with Crippen molar-refractivity contribution in [3.63, 3.8) is 0 Å². The molecule has 5 nitrogen and oxygen atoms in total. The lowest BCUT2D eigenvalue weighted by atomic mass is 10.1. The maximum Gasteiger partial charge on any atom is 0.247 e. The van der Waals surface area contributed by atoms with Crippen molar-refractivity contribution >= 4 is 17.6 Å². The maximum absolute atomic E-state index is 13.0. The molecule has 0 saturated carbocycles. The number of fused-ring (bicyclic) bond motifs is 1. The van der Waals surface area contributed by atoms with E-state index in [0.29, 0.717) is 6.54 Å². The number of imidazole rings is 1. The van der Waals surface area contributed by atoms with E-state index >= 15 is 0 Å². The Balaban J connectivity index is 1.69. The van der Waals surface area contributed by atoms with Crippen LogP contribution in [0.2, 0.25) is 0 Å². The molecule has 5 heteroatoms. The van der Waals surface area contributed by atoms with E-state index in [2.05, 4.69) is 31.2 Å². The molecular weight excluding hydrogens is 398 g/mol. The van der Waals surface area contributed by atoms with Crippen LogP contribution in [0.15, 0.2) is 79.0 Å². The van der Waals surface area contributed by atoms with Crippen LogP contribution in [0.1, 0.15) is 22.4 Å². The predicted octanol–water partition coefficient (Wildman–Crippen LogP) is 4.65. The average molecular weight is 426 g/mol.